The second-order valence-electron chi connectivity index (χ2n) is 3.33. The van der Waals surface area contributed by atoms with E-state index in [0.29, 0.717) is 0 Å². The van der Waals surface area contributed by atoms with Gasteiger partial charge in [0.05, 0.1) is 29.4 Å². The van der Waals surface area contributed by atoms with Crippen LogP contribution < -0.4 is 0 Å². The van der Waals surface area contributed by atoms with E-state index >= 15 is 0 Å². The lowest BCUT2D eigenvalue weighted by molar-refractivity contribution is 0.0515. The number of hydrogen-bond acceptors (Lipinski definition) is 3. The molecular formula is C12H10ClF2NO2. The molecule has 0 heterocycles. The van der Waals surface area contributed by atoms with E-state index in [1.54, 1.807) is 13.0 Å². The van der Waals surface area contributed by atoms with Gasteiger partial charge in [-0.3, -0.25) is 0 Å². The number of nitrogens with zero attached hydrogens (tertiary/aromatic N) is 1. The van der Waals surface area contributed by atoms with Gasteiger partial charge in [0.2, 0.25) is 0 Å². The summed E-state index contributed by atoms with van der Waals surface area (Å²) in [5.74, 6) is -0.948. The first-order valence-electron chi connectivity index (χ1n) is 5.13. The Morgan fingerprint density at radius 2 is 2.22 bits per heavy atom. The highest BCUT2D eigenvalue weighted by Crippen LogP contribution is 2.30. The van der Waals surface area contributed by atoms with Gasteiger partial charge in [-0.15, -0.1) is 11.6 Å². The molecular weight excluding hydrogens is 264 g/mol. The molecule has 1 aromatic rings. The smallest absolute Gasteiger partial charge is 0.338 e. The van der Waals surface area contributed by atoms with E-state index in [1.165, 1.54) is 12.1 Å². The van der Waals surface area contributed by atoms with Crippen molar-refractivity contribution in [3.63, 3.8) is 0 Å². The molecule has 0 saturated carbocycles. The predicted molar refractivity (Wildman–Crippen MR) is 61.6 cm³/mol. The lowest BCUT2D eigenvalue weighted by atomic mass is 9.97. The summed E-state index contributed by atoms with van der Waals surface area (Å²) in [7, 11) is 0. The summed E-state index contributed by atoms with van der Waals surface area (Å²) >= 11 is 5.57. The van der Waals surface area contributed by atoms with E-state index < -0.39 is 18.0 Å². The summed E-state index contributed by atoms with van der Waals surface area (Å²) in [6.45, 7) is 1.64. The molecule has 1 aromatic carbocycles. The van der Waals surface area contributed by atoms with Gasteiger partial charge in [-0.2, -0.15) is 5.26 Å². The normalized spacial score (nSPS) is 10.2. The van der Waals surface area contributed by atoms with Crippen molar-refractivity contribution in [1.82, 2.24) is 0 Å². The van der Waals surface area contributed by atoms with Crippen molar-refractivity contribution in [2.24, 2.45) is 0 Å². The van der Waals surface area contributed by atoms with Crippen molar-refractivity contribution in [3.05, 3.63) is 34.4 Å². The van der Waals surface area contributed by atoms with Crippen LogP contribution >= 0.6 is 11.6 Å². The van der Waals surface area contributed by atoms with Crippen molar-refractivity contribution in [2.45, 2.75) is 19.2 Å². The molecule has 0 saturated heterocycles. The van der Waals surface area contributed by atoms with Gasteiger partial charge in [-0.05, 0) is 18.6 Å². The van der Waals surface area contributed by atoms with E-state index in [0.717, 1.165) is 0 Å². The number of carbonyl (C=O) groups excluding carboxylic acids is 1. The number of ether oxygens (including phenoxy) is 1. The minimum Gasteiger partial charge on any atom is -0.462 e. The van der Waals surface area contributed by atoms with E-state index in [1.807, 2.05) is 0 Å². The van der Waals surface area contributed by atoms with Crippen molar-refractivity contribution in [3.8, 4) is 6.07 Å². The average Bonchev–Trinajstić information content (AvgIpc) is 2.36. The zero-order chi connectivity index (χ0) is 13.7. The molecule has 0 aromatic heterocycles. The van der Waals surface area contributed by atoms with Gasteiger partial charge in [0.15, 0.2) is 0 Å². The molecule has 0 amide bonds. The maximum atomic E-state index is 13.0. The summed E-state index contributed by atoms with van der Waals surface area (Å²) < 4.78 is 30.7. The van der Waals surface area contributed by atoms with Crippen LogP contribution in [0.3, 0.4) is 0 Å². The van der Waals surface area contributed by atoms with Gasteiger partial charge < -0.3 is 4.74 Å². The predicted octanol–water partition coefficient (Wildman–Crippen LogP) is 3.41. The summed E-state index contributed by atoms with van der Waals surface area (Å²) in [6.07, 6.45) is -2.94. The Labute approximate surface area is 108 Å². The molecule has 0 atom stereocenters. The molecule has 0 spiro atoms. The van der Waals surface area contributed by atoms with Crippen LogP contribution in [0.25, 0.3) is 0 Å². The number of carbonyl (C=O) groups is 1. The largest absolute Gasteiger partial charge is 0.462 e. The van der Waals surface area contributed by atoms with Crippen LogP contribution in [0.5, 0.6) is 0 Å². The minimum absolute atomic E-state index is 0.0701. The monoisotopic (exact) mass is 273 g/mol. The molecule has 0 aliphatic heterocycles. The van der Waals surface area contributed by atoms with Crippen LogP contribution in [0.4, 0.5) is 8.78 Å². The number of benzene rings is 1. The minimum atomic E-state index is -2.94. The van der Waals surface area contributed by atoms with E-state index in [9.17, 15) is 13.6 Å². The third kappa shape index (κ3) is 2.77. The SMILES string of the molecule is CCOC(=O)c1ccc(CCl)c(C#N)c1C(F)F. The maximum absolute atomic E-state index is 13.0. The van der Waals surface area contributed by atoms with Crippen LogP contribution in [0.2, 0.25) is 0 Å². The molecule has 0 bridgehead atoms. The van der Waals surface area contributed by atoms with Crippen LogP contribution in [0.1, 0.15) is 40.4 Å². The van der Waals surface area contributed by atoms with Crippen LogP contribution in [0, 0.1) is 11.3 Å². The number of rotatable bonds is 4. The molecule has 0 aliphatic carbocycles. The first kappa shape index (κ1) is 14.4. The van der Waals surface area contributed by atoms with Gasteiger partial charge in [0.25, 0.3) is 6.43 Å². The molecule has 3 nitrogen and oxygen atoms in total. The number of esters is 1. The Balaban J connectivity index is 3.45. The van der Waals surface area contributed by atoms with E-state index in [4.69, 9.17) is 16.9 Å². The van der Waals surface area contributed by atoms with Crippen molar-refractivity contribution < 1.29 is 18.3 Å². The van der Waals surface area contributed by atoms with Crippen LogP contribution in [0.15, 0.2) is 12.1 Å². The maximum Gasteiger partial charge on any atom is 0.338 e. The zero-order valence-electron chi connectivity index (χ0n) is 9.54. The Hall–Kier alpha value is -1.67. The Morgan fingerprint density at radius 1 is 1.56 bits per heavy atom. The summed E-state index contributed by atoms with van der Waals surface area (Å²) in [6, 6.07) is 4.25. The second-order valence-corrected chi connectivity index (χ2v) is 3.59. The Bertz CT molecular complexity index is 498. The number of hydrogen-bond donors (Lipinski definition) is 0. The fourth-order valence-electron chi connectivity index (χ4n) is 1.52. The highest BCUT2D eigenvalue weighted by atomic mass is 35.5. The van der Waals surface area contributed by atoms with E-state index in [-0.39, 0.29) is 29.2 Å². The Morgan fingerprint density at radius 3 is 2.67 bits per heavy atom. The third-order valence-electron chi connectivity index (χ3n) is 2.30. The van der Waals surface area contributed by atoms with Crippen LogP contribution in [-0.2, 0) is 10.6 Å². The molecule has 96 valence electrons. The molecule has 0 aliphatic rings. The highest BCUT2D eigenvalue weighted by molar-refractivity contribution is 6.17. The van der Waals surface area contributed by atoms with Crippen molar-refractivity contribution in [2.75, 3.05) is 6.61 Å². The summed E-state index contributed by atoms with van der Waals surface area (Å²) in [4.78, 5) is 11.5. The fourth-order valence-corrected chi connectivity index (χ4v) is 1.74. The zero-order valence-corrected chi connectivity index (χ0v) is 10.3. The van der Waals surface area contributed by atoms with Gasteiger partial charge in [-0.1, -0.05) is 6.07 Å². The van der Waals surface area contributed by atoms with Gasteiger partial charge in [0.1, 0.15) is 0 Å². The first-order valence-corrected chi connectivity index (χ1v) is 5.67. The van der Waals surface area contributed by atoms with Crippen molar-refractivity contribution >= 4 is 17.6 Å². The lowest BCUT2D eigenvalue weighted by Gasteiger charge is -2.12. The third-order valence-corrected chi connectivity index (χ3v) is 2.59. The number of nitriles is 1. The highest BCUT2D eigenvalue weighted by Gasteiger charge is 2.25. The van der Waals surface area contributed by atoms with Crippen molar-refractivity contribution in [1.29, 1.82) is 5.26 Å². The van der Waals surface area contributed by atoms with Gasteiger partial charge in [-0.25, -0.2) is 13.6 Å². The van der Waals surface area contributed by atoms with Crippen LogP contribution in [-0.4, -0.2) is 12.6 Å². The second kappa shape index (κ2) is 6.31. The quantitative estimate of drug-likeness (QED) is 0.624. The standard InChI is InChI=1S/C12H10ClF2NO2/c1-2-18-12(17)8-4-3-7(5-13)9(6-16)10(8)11(14)15/h3-4,11H,2,5H2,1H3. The molecule has 0 fully saturated rings. The van der Waals surface area contributed by atoms with Gasteiger partial charge >= 0.3 is 5.97 Å². The molecule has 0 N–H and O–H groups in total. The molecule has 18 heavy (non-hydrogen) atoms. The number of halogens is 3. The first-order chi connectivity index (χ1) is 8.56. The number of alkyl halides is 3. The lowest BCUT2D eigenvalue weighted by Crippen LogP contribution is -2.11. The summed E-state index contributed by atoms with van der Waals surface area (Å²) in [5, 5.41) is 8.92. The molecule has 0 unspecified atom stereocenters. The fraction of sp³-hybridized carbons (Fsp3) is 0.333. The average molecular weight is 274 g/mol. The van der Waals surface area contributed by atoms with Gasteiger partial charge in [0, 0.05) is 5.88 Å². The summed E-state index contributed by atoms with van der Waals surface area (Å²) in [5.41, 5.74) is -0.903. The Kier molecular flexibility index (Phi) is 5.05. The molecule has 0 radical (unpaired) electrons. The molecule has 1 rings (SSSR count). The van der Waals surface area contributed by atoms with E-state index in [2.05, 4.69) is 4.74 Å². The topological polar surface area (TPSA) is 50.1 Å². The molecule has 6 heteroatoms.